The minimum Gasteiger partial charge on any atom is -0.437 e. The molecule has 21 heavy (non-hydrogen) atoms. The van der Waals surface area contributed by atoms with Gasteiger partial charge in [-0.15, -0.1) is 5.10 Å². The van der Waals surface area contributed by atoms with Crippen LogP contribution in [0.25, 0.3) is 0 Å². The predicted octanol–water partition coefficient (Wildman–Crippen LogP) is 2.60. The number of aromatic nitrogens is 2. The molecular weight excluding hydrogens is 268 g/mol. The molecule has 0 radical (unpaired) electrons. The van der Waals surface area contributed by atoms with E-state index in [4.69, 9.17) is 15.7 Å². The molecule has 0 aliphatic carbocycles. The highest BCUT2D eigenvalue weighted by Gasteiger charge is 2.18. The summed E-state index contributed by atoms with van der Waals surface area (Å²) in [4.78, 5) is 0. The summed E-state index contributed by atoms with van der Waals surface area (Å²) >= 11 is 0. The van der Waals surface area contributed by atoms with E-state index in [9.17, 15) is 0 Å². The molecule has 3 N–H and O–H groups in total. The van der Waals surface area contributed by atoms with Crippen LogP contribution in [0.2, 0.25) is 0 Å². The SMILES string of the molecule is Cc1cccc(Oc2nnc(C)c(C)c2/C(N)=N/O)c1C. The average Bonchev–Trinajstić information content (AvgIpc) is 2.47. The Bertz CT molecular complexity index is 711. The molecule has 0 atom stereocenters. The number of nitrogens with zero attached hydrogens (tertiary/aromatic N) is 3. The third-order valence-electron chi connectivity index (χ3n) is 3.55. The first kappa shape index (κ1) is 14.8. The van der Waals surface area contributed by atoms with Crippen molar-refractivity contribution in [3.63, 3.8) is 0 Å². The summed E-state index contributed by atoms with van der Waals surface area (Å²) in [5, 5.41) is 20.1. The predicted molar refractivity (Wildman–Crippen MR) is 80.0 cm³/mol. The summed E-state index contributed by atoms with van der Waals surface area (Å²) in [6, 6.07) is 5.74. The number of oxime groups is 1. The third kappa shape index (κ3) is 2.79. The van der Waals surface area contributed by atoms with Crippen molar-refractivity contribution in [1.29, 1.82) is 0 Å². The first-order valence-corrected chi connectivity index (χ1v) is 6.51. The fourth-order valence-corrected chi connectivity index (χ4v) is 1.95. The molecule has 6 heteroatoms. The zero-order valence-corrected chi connectivity index (χ0v) is 12.5. The molecule has 1 aromatic carbocycles. The van der Waals surface area contributed by atoms with Crippen LogP contribution in [0.4, 0.5) is 0 Å². The van der Waals surface area contributed by atoms with Gasteiger partial charge in [-0.2, -0.15) is 5.10 Å². The second-order valence-electron chi connectivity index (χ2n) is 4.88. The molecule has 0 amide bonds. The van der Waals surface area contributed by atoms with Crippen LogP contribution < -0.4 is 10.5 Å². The van der Waals surface area contributed by atoms with Crippen LogP contribution in [0.3, 0.4) is 0 Å². The molecule has 0 unspecified atom stereocenters. The van der Waals surface area contributed by atoms with Gasteiger partial charge in [-0.25, -0.2) is 0 Å². The van der Waals surface area contributed by atoms with Crippen molar-refractivity contribution in [2.75, 3.05) is 0 Å². The molecule has 0 fully saturated rings. The first-order chi connectivity index (χ1) is 9.95. The zero-order chi connectivity index (χ0) is 15.6. The van der Waals surface area contributed by atoms with Gasteiger partial charge in [0.25, 0.3) is 0 Å². The quantitative estimate of drug-likeness (QED) is 0.391. The maximum Gasteiger partial charge on any atom is 0.250 e. The maximum atomic E-state index is 8.95. The Labute approximate surface area is 123 Å². The van der Waals surface area contributed by atoms with E-state index in [-0.39, 0.29) is 11.7 Å². The molecule has 0 bridgehead atoms. The van der Waals surface area contributed by atoms with Crippen LogP contribution in [0, 0.1) is 27.7 Å². The number of nitrogens with two attached hydrogens (primary N) is 1. The van der Waals surface area contributed by atoms with Crippen molar-refractivity contribution in [3.8, 4) is 11.6 Å². The molecular formula is C15H18N4O2. The highest BCUT2D eigenvalue weighted by atomic mass is 16.5. The summed E-state index contributed by atoms with van der Waals surface area (Å²) in [5.41, 5.74) is 9.76. The maximum absolute atomic E-state index is 8.95. The van der Waals surface area contributed by atoms with Crippen LogP contribution in [0.15, 0.2) is 23.4 Å². The Morgan fingerprint density at radius 2 is 1.86 bits per heavy atom. The molecule has 0 spiro atoms. The number of amidine groups is 1. The molecule has 0 aliphatic rings. The molecule has 0 aliphatic heterocycles. The fourth-order valence-electron chi connectivity index (χ4n) is 1.95. The molecule has 1 aromatic heterocycles. The summed E-state index contributed by atoms with van der Waals surface area (Å²) in [7, 11) is 0. The van der Waals surface area contributed by atoms with Gasteiger partial charge >= 0.3 is 0 Å². The van der Waals surface area contributed by atoms with E-state index in [1.54, 1.807) is 6.92 Å². The van der Waals surface area contributed by atoms with E-state index in [2.05, 4.69) is 15.4 Å². The van der Waals surface area contributed by atoms with Gasteiger partial charge in [0, 0.05) is 0 Å². The molecule has 1 heterocycles. The lowest BCUT2D eigenvalue weighted by atomic mass is 10.1. The van der Waals surface area contributed by atoms with Crippen molar-refractivity contribution in [3.05, 3.63) is 46.1 Å². The highest BCUT2D eigenvalue weighted by Crippen LogP contribution is 2.29. The third-order valence-corrected chi connectivity index (χ3v) is 3.55. The Morgan fingerprint density at radius 1 is 1.14 bits per heavy atom. The van der Waals surface area contributed by atoms with Gasteiger partial charge in [0.2, 0.25) is 5.88 Å². The van der Waals surface area contributed by atoms with Crippen molar-refractivity contribution in [2.45, 2.75) is 27.7 Å². The van der Waals surface area contributed by atoms with Crippen LogP contribution in [0.1, 0.15) is 27.9 Å². The van der Waals surface area contributed by atoms with Crippen molar-refractivity contribution in [1.82, 2.24) is 10.2 Å². The van der Waals surface area contributed by atoms with Gasteiger partial charge < -0.3 is 15.7 Å². The second-order valence-corrected chi connectivity index (χ2v) is 4.88. The lowest BCUT2D eigenvalue weighted by Gasteiger charge is -2.14. The summed E-state index contributed by atoms with van der Waals surface area (Å²) < 4.78 is 5.83. The molecule has 0 saturated carbocycles. The van der Waals surface area contributed by atoms with E-state index in [1.807, 2.05) is 39.0 Å². The lowest BCUT2D eigenvalue weighted by Crippen LogP contribution is -2.18. The number of aryl methyl sites for hydroxylation is 2. The summed E-state index contributed by atoms with van der Waals surface area (Å²) in [6.45, 7) is 7.59. The van der Waals surface area contributed by atoms with E-state index >= 15 is 0 Å². The largest absolute Gasteiger partial charge is 0.437 e. The molecule has 2 aromatic rings. The number of hydrogen-bond acceptors (Lipinski definition) is 5. The lowest BCUT2D eigenvalue weighted by molar-refractivity contribution is 0.318. The van der Waals surface area contributed by atoms with Gasteiger partial charge in [-0.05, 0) is 50.5 Å². The topological polar surface area (TPSA) is 93.6 Å². The average molecular weight is 286 g/mol. The zero-order valence-electron chi connectivity index (χ0n) is 12.5. The van der Waals surface area contributed by atoms with Gasteiger partial charge in [0.05, 0.1) is 11.3 Å². The standard InChI is InChI=1S/C15H18N4O2/c1-8-6-5-7-12(9(8)2)21-15-13(14(16)19-20)10(3)11(4)17-18-15/h5-7,20H,1-4H3,(H2,16,19). The molecule has 6 nitrogen and oxygen atoms in total. The smallest absolute Gasteiger partial charge is 0.250 e. The van der Waals surface area contributed by atoms with Gasteiger partial charge in [0.1, 0.15) is 5.75 Å². The summed E-state index contributed by atoms with van der Waals surface area (Å²) in [5.74, 6) is 0.840. The van der Waals surface area contributed by atoms with Crippen LogP contribution in [-0.4, -0.2) is 21.2 Å². The van der Waals surface area contributed by atoms with Crippen molar-refractivity contribution >= 4 is 5.84 Å². The van der Waals surface area contributed by atoms with Crippen LogP contribution >= 0.6 is 0 Å². The molecule has 2 rings (SSSR count). The first-order valence-electron chi connectivity index (χ1n) is 6.51. The van der Waals surface area contributed by atoms with E-state index in [0.717, 1.165) is 16.7 Å². The van der Waals surface area contributed by atoms with E-state index < -0.39 is 0 Å². The Balaban J connectivity index is 2.55. The van der Waals surface area contributed by atoms with Crippen LogP contribution in [0.5, 0.6) is 11.6 Å². The van der Waals surface area contributed by atoms with Gasteiger partial charge in [0.15, 0.2) is 5.84 Å². The minimum atomic E-state index is -0.0502. The van der Waals surface area contributed by atoms with E-state index in [0.29, 0.717) is 17.0 Å². The van der Waals surface area contributed by atoms with Gasteiger partial charge in [-0.1, -0.05) is 17.3 Å². The van der Waals surface area contributed by atoms with Gasteiger partial charge in [-0.3, -0.25) is 0 Å². The number of ether oxygens (including phenoxy) is 1. The number of rotatable bonds is 3. The van der Waals surface area contributed by atoms with E-state index in [1.165, 1.54) is 0 Å². The number of benzene rings is 1. The molecule has 110 valence electrons. The normalized spacial score (nSPS) is 11.5. The Hall–Kier alpha value is -2.63. The minimum absolute atomic E-state index is 0.0502. The van der Waals surface area contributed by atoms with Crippen LogP contribution in [-0.2, 0) is 0 Å². The van der Waals surface area contributed by atoms with Crippen molar-refractivity contribution < 1.29 is 9.94 Å². The Kier molecular flexibility index (Phi) is 4.07. The summed E-state index contributed by atoms with van der Waals surface area (Å²) in [6.07, 6.45) is 0. The fraction of sp³-hybridized carbons (Fsp3) is 0.267. The number of hydrogen-bond donors (Lipinski definition) is 2. The molecule has 0 saturated heterocycles. The second kappa shape index (κ2) is 5.78. The highest BCUT2D eigenvalue weighted by molar-refractivity contribution is 6.00. The van der Waals surface area contributed by atoms with Crippen molar-refractivity contribution in [2.24, 2.45) is 10.9 Å². The Morgan fingerprint density at radius 3 is 2.52 bits per heavy atom. The monoisotopic (exact) mass is 286 g/mol.